The topological polar surface area (TPSA) is 78.9 Å². The maximum Gasteiger partial charge on any atom is 0.306 e. The van der Waals surface area contributed by atoms with Crippen molar-refractivity contribution in [1.29, 1.82) is 0 Å². The molecule has 0 amide bonds. The zero-order valence-electron chi connectivity index (χ0n) is 39.7. The molecule has 0 spiro atoms. The van der Waals surface area contributed by atoms with Crippen molar-refractivity contribution in [2.24, 2.45) is 11.8 Å². The first-order valence-electron chi connectivity index (χ1n) is 25.7. The second-order valence-corrected chi connectivity index (χ2v) is 18.8. The van der Waals surface area contributed by atoms with Crippen LogP contribution in [-0.2, 0) is 28.6 Å². The Bertz CT molecular complexity index is 885. The van der Waals surface area contributed by atoms with Crippen LogP contribution in [0.5, 0.6) is 0 Å². The molecule has 0 heterocycles. The summed E-state index contributed by atoms with van der Waals surface area (Å²) < 4.78 is 16.8. The molecule has 0 rings (SSSR count). The predicted molar refractivity (Wildman–Crippen MR) is 247 cm³/mol. The Labute approximate surface area is 361 Å². The van der Waals surface area contributed by atoms with Crippen LogP contribution in [0, 0.1) is 11.8 Å². The number of carbonyl (C=O) groups is 3. The van der Waals surface area contributed by atoms with Crippen molar-refractivity contribution in [1.82, 2.24) is 0 Å². The summed E-state index contributed by atoms with van der Waals surface area (Å²) in [6.07, 6.45) is 45.1. The lowest BCUT2D eigenvalue weighted by Gasteiger charge is -2.18. The number of carbonyl (C=O) groups excluding carboxylic acids is 3. The molecule has 0 unspecified atom stereocenters. The third kappa shape index (κ3) is 45.5. The number of esters is 3. The number of unbranched alkanes of at least 4 members (excludes halogenated alkanes) is 31. The van der Waals surface area contributed by atoms with E-state index in [1.54, 1.807) is 0 Å². The average Bonchev–Trinajstić information content (AvgIpc) is 3.19. The standard InChI is InChI=1S/C52H100O6/c1-6-7-8-9-10-11-22-27-32-37-42-50(53)56-45-49(58-52(55)44-39-34-29-24-19-15-13-17-21-26-31-36-41-48(4)5)46-57-51(54)43-38-33-28-23-18-14-12-16-20-25-30-35-40-47(2)3/h47-49H,6-46H2,1-5H3/t49-/m1/s1. The molecule has 0 N–H and O–H groups in total. The van der Waals surface area contributed by atoms with Gasteiger partial charge in [0.15, 0.2) is 6.10 Å². The average molecular weight is 821 g/mol. The van der Waals surface area contributed by atoms with E-state index in [0.717, 1.165) is 69.6 Å². The minimum Gasteiger partial charge on any atom is -0.462 e. The minimum atomic E-state index is -0.761. The van der Waals surface area contributed by atoms with Crippen LogP contribution in [0.25, 0.3) is 0 Å². The van der Waals surface area contributed by atoms with Gasteiger partial charge in [-0.05, 0) is 31.1 Å². The fourth-order valence-electron chi connectivity index (χ4n) is 7.81. The van der Waals surface area contributed by atoms with E-state index in [2.05, 4.69) is 34.6 Å². The summed E-state index contributed by atoms with van der Waals surface area (Å²) >= 11 is 0. The van der Waals surface area contributed by atoms with Gasteiger partial charge in [-0.2, -0.15) is 0 Å². The van der Waals surface area contributed by atoms with Crippen molar-refractivity contribution < 1.29 is 28.6 Å². The van der Waals surface area contributed by atoms with Gasteiger partial charge in [0.25, 0.3) is 0 Å². The summed E-state index contributed by atoms with van der Waals surface area (Å²) in [7, 11) is 0. The molecule has 0 fully saturated rings. The smallest absolute Gasteiger partial charge is 0.306 e. The van der Waals surface area contributed by atoms with E-state index in [4.69, 9.17) is 14.2 Å². The summed E-state index contributed by atoms with van der Waals surface area (Å²) in [5.41, 5.74) is 0. The van der Waals surface area contributed by atoms with Crippen molar-refractivity contribution in [3.63, 3.8) is 0 Å². The van der Waals surface area contributed by atoms with Crippen molar-refractivity contribution in [2.75, 3.05) is 13.2 Å². The number of hydrogen-bond donors (Lipinski definition) is 0. The summed E-state index contributed by atoms with van der Waals surface area (Å²) in [5, 5.41) is 0. The van der Waals surface area contributed by atoms with Gasteiger partial charge in [-0.15, -0.1) is 0 Å². The van der Waals surface area contributed by atoms with Gasteiger partial charge in [0.1, 0.15) is 13.2 Å². The molecule has 344 valence electrons. The Balaban J connectivity index is 4.29. The van der Waals surface area contributed by atoms with Crippen LogP contribution in [0.2, 0.25) is 0 Å². The Morgan fingerprint density at radius 2 is 0.569 bits per heavy atom. The molecule has 0 aliphatic heterocycles. The first kappa shape index (κ1) is 56.4. The van der Waals surface area contributed by atoms with Gasteiger partial charge in [-0.25, -0.2) is 0 Å². The molecular weight excluding hydrogens is 721 g/mol. The number of ether oxygens (including phenoxy) is 3. The van der Waals surface area contributed by atoms with E-state index in [-0.39, 0.29) is 31.1 Å². The normalized spacial score (nSPS) is 12.1. The minimum absolute atomic E-state index is 0.0637. The Hall–Kier alpha value is -1.59. The van der Waals surface area contributed by atoms with Crippen LogP contribution < -0.4 is 0 Å². The van der Waals surface area contributed by atoms with Gasteiger partial charge >= 0.3 is 17.9 Å². The molecule has 0 bridgehead atoms. The van der Waals surface area contributed by atoms with Gasteiger partial charge in [-0.3, -0.25) is 14.4 Å². The lowest BCUT2D eigenvalue weighted by atomic mass is 10.0. The highest BCUT2D eigenvalue weighted by atomic mass is 16.6. The zero-order chi connectivity index (χ0) is 42.6. The van der Waals surface area contributed by atoms with Crippen molar-refractivity contribution in [3.05, 3.63) is 0 Å². The maximum atomic E-state index is 12.8. The first-order valence-corrected chi connectivity index (χ1v) is 25.7. The van der Waals surface area contributed by atoms with Gasteiger partial charge in [-0.1, -0.05) is 247 Å². The molecule has 0 aliphatic carbocycles. The van der Waals surface area contributed by atoms with Gasteiger partial charge in [0.05, 0.1) is 0 Å². The molecule has 1 atom stereocenters. The largest absolute Gasteiger partial charge is 0.462 e. The van der Waals surface area contributed by atoms with Gasteiger partial charge < -0.3 is 14.2 Å². The summed E-state index contributed by atoms with van der Waals surface area (Å²) in [6.45, 7) is 11.4. The fourth-order valence-corrected chi connectivity index (χ4v) is 7.81. The Morgan fingerprint density at radius 3 is 0.845 bits per heavy atom. The van der Waals surface area contributed by atoms with Gasteiger partial charge in [0, 0.05) is 19.3 Å². The van der Waals surface area contributed by atoms with E-state index in [1.807, 2.05) is 0 Å². The second kappa shape index (κ2) is 44.9. The second-order valence-electron chi connectivity index (χ2n) is 18.8. The molecule has 0 saturated heterocycles. The van der Waals surface area contributed by atoms with Crippen LogP contribution in [0.15, 0.2) is 0 Å². The maximum absolute atomic E-state index is 12.8. The van der Waals surface area contributed by atoms with E-state index in [1.165, 1.54) is 173 Å². The predicted octanol–water partition coefficient (Wildman–Crippen LogP) is 16.5. The molecule has 0 saturated carbocycles. The molecule has 0 radical (unpaired) electrons. The lowest BCUT2D eigenvalue weighted by molar-refractivity contribution is -0.167. The van der Waals surface area contributed by atoms with Gasteiger partial charge in [0.2, 0.25) is 0 Å². The molecule has 6 heteroatoms. The third-order valence-corrected chi connectivity index (χ3v) is 11.7. The Morgan fingerprint density at radius 1 is 0.328 bits per heavy atom. The van der Waals surface area contributed by atoms with Crippen molar-refractivity contribution in [3.8, 4) is 0 Å². The summed E-state index contributed by atoms with van der Waals surface area (Å²) in [6, 6.07) is 0. The zero-order valence-corrected chi connectivity index (χ0v) is 39.7. The fraction of sp³-hybridized carbons (Fsp3) is 0.942. The number of rotatable bonds is 46. The molecule has 0 aromatic carbocycles. The van der Waals surface area contributed by atoms with E-state index < -0.39 is 6.10 Å². The lowest BCUT2D eigenvalue weighted by Crippen LogP contribution is -2.30. The summed E-state index contributed by atoms with van der Waals surface area (Å²) in [4.78, 5) is 37.9. The molecule has 58 heavy (non-hydrogen) atoms. The van der Waals surface area contributed by atoms with Crippen LogP contribution >= 0.6 is 0 Å². The highest BCUT2D eigenvalue weighted by molar-refractivity contribution is 5.71. The first-order chi connectivity index (χ1) is 28.2. The van der Waals surface area contributed by atoms with E-state index >= 15 is 0 Å². The molecule has 0 aromatic rings. The van der Waals surface area contributed by atoms with Crippen molar-refractivity contribution >= 4 is 17.9 Å². The molecular formula is C52H100O6. The quantitative estimate of drug-likeness (QED) is 0.0346. The van der Waals surface area contributed by atoms with E-state index in [0.29, 0.717) is 19.3 Å². The monoisotopic (exact) mass is 821 g/mol. The van der Waals surface area contributed by atoms with Crippen LogP contribution in [0.1, 0.15) is 285 Å². The summed E-state index contributed by atoms with van der Waals surface area (Å²) in [5.74, 6) is 0.817. The van der Waals surface area contributed by atoms with E-state index in [9.17, 15) is 14.4 Å². The van der Waals surface area contributed by atoms with Crippen LogP contribution in [0.4, 0.5) is 0 Å². The van der Waals surface area contributed by atoms with Crippen LogP contribution in [0.3, 0.4) is 0 Å². The number of hydrogen-bond acceptors (Lipinski definition) is 6. The molecule has 6 nitrogen and oxygen atoms in total. The highest BCUT2D eigenvalue weighted by Gasteiger charge is 2.19. The Kier molecular flexibility index (Phi) is 43.7. The SMILES string of the molecule is CCCCCCCCCCCCC(=O)OC[C@H](COC(=O)CCCCCCCCCCCCCCC(C)C)OC(=O)CCCCCCCCCCCCCCC(C)C. The van der Waals surface area contributed by atoms with Crippen molar-refractivity contribution in [2.45, 2.75) is 291 Å². The highest BCUT2D eigenvalue weighted by Crippen LogP contribution is 2.17. The third-order valence-electron chi connectivity index (χ3n) is 11.7. The molecule has 0 aliphatic rings. The van der Waals surface area contributed by atoms with Crippen LogP contribution in [-0.4, -0.2) is 37.2 Å². The molecule has 0 aromatic heterocycles.